The molecule has 6 aromatic carbocycles. The Morgan fingerprint density at radius 2 is 0.750 bits per heavy atom. The van der Waals surface area contributed by atoms with E-state index in [4.69, 9.17) is 0 Å². The van der Waals surface area contributed by atoms with E-state index in [0.717, 1.165) is 25.7 Å². The molecular weight excluding hydrogens is 1070 g/mol. The first-order valence-electron chi connectivity index (χ1n) is 25.0. The summed E-state index contributed by atoms with van der Waals surface area (Å²) in [5.41, 5.74) is 20.2. The quantitative estimate of drug-likeness (QED) is 0.151. The largest absolute Gasteiger partial charge is 1.00 e. The first-order chi connectivity index (χ1) is 32.9. The molecule has 0 bridgehead atoms. The maximum atomic E-state index is 3.67. The molecule has 10 rings (SSSR count). The molecule has 4 aliphatic carbocycles. The second-order valence-electron chi connectivity index (χ2n) is 22.6. The number of halogens is 2. The third kappa shape index (κ3) is 18.9. The van der Waals surface area contributed by atoms with Gasteiger partial charge in [0.2, 0.25) is 0 Å². The van der Waals surface area contributed by atoms with Gasteiger partial charge < -0.3 is 24.8 Å². The van der Waals surface area contributed by atoms with E-state index in [0.29, 0.717) is 0 Å². The molecule has 0 spiro atoms. The molecule has 6 aromatic rings. The molecule has 0 aromatic heterocycles. The van der Waals surface area contributed by atoms with Crippen LogP contribution in [0.3, 0.4) is 0 Å². The fourth-order valence-corrected chi connectivity index (χ4v) is 8.93. The topological polar surface area (TPSA) is 0 Å². The van der Waals surface area contributed by atoms with Gasteiger partial charge in [-0.05, 0) is 56.8 Å². The van der Waals surface area contributed by atoms with E-state index >= 15 is 0 Å². The van der Waals surface area contributed by atoms with Crippen LogP contribution in [0.4, 0.5) is 0 Å². The number of hydrogen-bond acceptors (Lipinski definition) is 0. The Balaban J connectivity index is 0.000000247. The zero-order valence-corrected chi connectivity index (χ0v) is 52.0. The maximum absolute atomic E-state index is 3.67. The van der Waals surface area contributed by atoms with Crippen molar-refractivity contribution < 1.29 is 73.3 Å². The summed E-state index contributed by atoms with van der Waals surface area (Å²) in [6.07, 6.45) is 22.1. The number of fused-ring (bicyclic) bond motifs is 6. The fourth-order valence-electron chi connectivity index (χ4n) is 8.11. The molecule has 0 N–H and O–H groups in total. The van der Waals surface area contributed by atoms with E-state index in [-0.39, 0.29) is 46.5 Å². The summed E-state index contributed by atoms with van der Waals surface area (Å²) >= 11 is 3.01. The molecule has 0 heterocycles. The van der Waals surface area contributed by atoms with Crippen LogP contribution < -0.4 is 24.8 Å². The average molecular weight is 1150 g/mol. The Hall–Kier alpha value is -3.63. The van der Waals surface area contributed by atoms with E-state index < -0.39 is 0 Å². The van der Waals surface area contributed by atoms with Gasteiger partial charge in [0, 0.05) is 0 Å². The summed E-state index contributed by atoms with van der Waals surface area (Å²) in [6, 6.07) is 51.3. The summed E-state index contributed by atoms with van der Waals surface area (Å²) in [4.78, 5) is 0. The number of rotatable bonds is 2. The van der Waals surface area contributed by atoms with Crippen molar-refractivity contribution in [1.82, 2.24) is 0 Å². The molecule has 0 atom stereocenters. The maximum Gasteiger partial charge on any atom is -0.109 e. The summed E-state index contributed by atoms with van der Waals surface area (Å²) < 4.78 is 2.92. The standard InChI is InChI=1S/2C21H25.2C8H8.2C5H5.2ClH.2Zr/c2*1-20(2,3)16-7-9-18-14(12-16)11-15-13-17(21(4,5)6)8-10-19(15)18;2*1-2-8-6-4-3-5-7-8;2*1-2-4-5-3-1;;;;/h2*7-10,12H,11H2,1-6H3;2*3-7H,1H3;2*1-3H,4H2;2*1H;;/q2*-1;;;2*-1;;;2*+2/p-2. The SMILES string of the molecule is CC(C)(C)c1[c-]c2c(cc1)-c1ccc(C(C)(C)C)cc1C2.CC(C)(C)c1[c-]c2c(cc1)-c1ccc(C(C)(C)C)cc1C2.C[C](=[Zr+2])c1ccccc1.C[C](=[Zr+2])c1ccccc1.[C-]1=CC=CC1.[C-]1=CC=CC1.[Cl-].[Cl-]. The summed E-state index contributed by atoms with van der Waals surface area (Å²) in [5.74, 6) is 0. The Bertz CT molecular complexity index is 2490. The first kappa shape index (κ1) is 62.7. The fraction of sp³-hybridized carbons (Fsp3) is 0.324. The van der Waals surface area contributed by atoms with Crippen molar-refractivity contribution in [2.75, 3.05) is 0 Å². The first-order valence-corrected chi connectivity index (χ1v) is 27.4. The molecule has 0 nitrogen and oxygen atoms in total. The van der Waals surface area contributed by atoms with Gasteiger partial charge in [-0.3, -0.25) is 12.2 Å². The second kappa shape index (κ2) is 28.3. The van der Waals surface area contributed by atoms with Crippen LogP contribution in [0.2, 0.25) is 0 Å². The van der Waals surface area contributed by atoms with Gasteiger partial charge in [0.15, 0.2) is 0 Å². The van der Waals surface area contributed by atoms with Crippen LogP contribution in [0.25, 0.3) is 22.3 Å². The van der Waals surface area contributed by atoms with Crippen molar-refractivity contribution in [3.05, 3.63) is 238 Å². The van der Waals surface area contributed by atoms with Gasteiger partial charge in [-0.25, -0.2) is 24.3 Å². The molecule has 372 valence electrons. The Morgan fingerprint density at radius 3 is 0.986 bits per heavy atom. The van der Waals surface area contributed by atoms with Crippen molar-refractivity contribution >= 4 is 6.41 Å². The third-order valence-corrected chi connectivity index (χ3v) is 13.9. The molecule has 4 heteroatoms. The molecule has 0 amide bonds. The van der Waals surface area contributed by atoms with Crippen LogP contribution in [0, 0.1) is 24.3 Å². The molecule has 0 saturated carbocycles. The van der Waals surface area contributed by atoms with E-state index in [1.165, 1.54) is 133 Å². The molecule has 0 aliphatic heterocycles. The van der Waals surface area contributed by atoms with E-state index in [9.17, 15) is 0 Å². The summed E-state index contributed by atoms with van der Waals surface area (Å²) in [6.45, 7) is 31.5. The molecule has 4 aliphatic rings. The minimum atomic E-state index is 0. The number of benzene rings is 6. The van der Waals surface area contributed by atoms with Crippen molar-refractivity contribution in [2.24, 2.45) is 0 Å². The van der Waals surface area contributed by atoms with E-state index in [1.54, 1.807) is 0 Å². The normalized spacial score (nSPS) is 12.9. The van der Waals surface area contributed by atoms with Crippen LogP contribution in [0.15, 0.2) is 158 Å². The van der Waals surface area contributed by atoms with Crippen LogP contribution in [0.1, 0.15) is 165 Å². The Kier molecular flexibility index (Phi) is 24.6. The number of hydrogen-bond donors (Lipinski definition) is 0. The Morgan fingerprint density at radius 1 is 0.417 bits per heavy atom. The smallest absolute Gasteiger partial charge is 0.109 e. The van der Waals surface area contributed by atoms with Gasteiger partial charge in [-0.2, -0.15) is 59.7 Å². The predicted molar refractivity (Wildman–Crippen MR) is 297 cm³/mol. The van der Waals surface area contributed by atoms with Gasteiger partial charge in [0.1, 0.15) is 0 Å². The van der Waals surface area contributed by atoms with Gasteiger partial charge >= 0.3 is 141 Å². The minimum absolute atomic E-state index is 0. The van der Waals surface area contributed by atoms with Crippen LogP contribution in [0.5, 0.6) is 0 Å². The molecular formula is C68H76Cl2Zr2-2. The molecule has 72 heavy (non-hydrogen) atoms. The predicted octanol–water partition coefficient (Wildman–Crippen LogP) is 11.5. The van der Waals surface area contributed by atoms with Crippen LogP contribution in [-0.4, -0.2) is 6.41 Å². The molecule has 0 fully saturated rings. The van der Waals surface area contributed by atoms with Crippen molar-refractivity contribution in [2.45, 2.75) is 144 Å². The van der Waals surface area contributed by atoms with Gasteiger partial charge in [0.25, 0.3) is 0 Å². The van der Waals surface area contributed by atoms with Crippen molar-refractivity contribution in [1.29, 1.82) is 0 Å². The molecule has 0 saturated heterocycles. The Labute approximate surface area is 479 Å². The zero-order valence-electron chi connectivity index (χ0n) is 45.6. The van der Waals surface area contributed by atoms with Crippen LogP contribution in [-0.2, 0) is 83.0 Å². The second-order valence-corrected chi connectivity index (χ2v) is 26.3. The van der Waals surface area contributed by atoms with Crippen molar-refractivity contribution in [3.63, 3.8) is 0 Å². The summed E-state index contributed by atoms with van der Waals surface area (Å²) in [7, 11) is 0. The van der Waals surface area contributed by atoms with E-state index in [2.05, 4.69) is 243 Å². The minimum Gasteiger partial charge on any atom is -1.00 e. The van der Waals surface area contributed by atoms with Gasteiger partial charge in [-0.1, -0.05) is 131 Å². The molecule has 0 radical (unpaired) electrons. The average Bonchev–Trinajstić information content (AvgIpc) is 4.17. The summed E-state index contributed by atoms with van der Waals surface area (Å²) in [5, 5.41) is 0. The van der Waals surface area contributed by atoms with Crippen LogP contribution >= 0.6 is 0 Å². The van der Waals surface area contributed by atoms with Gasteiger partial charge in [0.05, 0.1) is 0 Å². The number of allylic oxidation sites excluding steroid dienone is 8. The van der Waals surface area contributed by atoms with Crippen molar-refractivity contribution in [3.8, 4) is 22.3 Å². The monoisotopic (exact) mass is 1140 g/mol. The van der Waals surface area contributed by atoms with E-state index in [1.807, 2.05) is 36.4 Å². The third-order valence-electron chi connectivity index (χ3n) is 12.5. The molecule has 0 unspecified atom stereocenters. The van der Waals surface area contributed by atoms with Gasteiger partial charge in [-0.15, -0.1) is 35.1 Å². The zero-order chi connectivity index (χ0) is 51.3.